The molecule has 70 valence electrons. The first kappa shape index (κ1) is 9.77. The average Bonchev–Trinajstić information content (AvgIpc) is 2.03. The van der Waals surface area contributed by atoms with Crippen LogP contribution >= 0.6 is 0 Å². The van der Waals surface area contributed by atoms with Gasteiger partial charge in [-0.25, -0.2) is 4.39 Å². The lowest BCUT2D eigenvalue weighted by Gasteiger charge is -2.09. The minimum Gasteiger partial charge on any atom is -0.207 e. The Hall–Kier alpha value is -1.32. The summed E-state index contributed by atoms with van der Waals surface area (Å²) in [5.41, 5.74) is -1.11. The lowest BCUT2D eigenvalue weighted by molar-refractivity contribution is -0.137. The van der Waals surface area contributed by atoms with Crippen LogP contribution in [-0.2, 0) is 6.18 Å². The van der Waals surface area contributed by atoms with Crippen molar-refractivity contribution in [3.05, 3.63) is 41.7 Å². The van der Waals surface area contributed by atoms with Gasteiger partial charge in [0.2, 0.25) is 0 Å². The second-order valence-corrected chi connectivity index (χ2v) is 2.43. The van der Waals surface area contributed by atoms with E-state index in [1.807, 2.05) is 0 Å². The van der Waals surface area contributed by atoms with E-state index in [1.165, 1.54) is 0 Å². The number of hydrogen-bond donors (Lipinski definition) is 0. The molecule has 1 aromatic carbocycles. The molecule has 0 amide bonds. The first-order valence-electron chi connectivity index (χ1n) is 3.44. The Balaban J connectivity index is 3.32. The fraction of sp³-hybridized carbons (Fsp3) is 0.111. The summed E-state index contributed by atoms with van der Waals surface area (Å²) in [5, 5.41) is 0. The van der Waals surface area contributed by atoms with Gasteiger partial charge in [0.25, 0.3) is 0 Å². The van der Waals surface area contributed by atoms with E-state index in [0.717, 1.165) is 18.2 Å². The minimum atomic E-state index is -4.54. The molecule has 0 atom stereocenters. The maximum absolute atomic E-state index is 12.5. The molecule has 0 aliphatic carbocycles. The maximum atomic E-state index is 12.5. The Kier molecular flexibility index (Phi) is 2.40. The molecule has 0 heterocycles. The molecule has 1 rings (SSSR count). The number of rotatable bonds is 1. The SMILES string of the molecule is C=Cc1ccc(F)cc1C(F)(F)F. The van der Waals surface area contributed by atoms with Gasteiger partial charge in [-0.1, -0.05) is 18.7 Å². The van der Waals surface area contributed by atoms with Crippen LogP contribution < -0.4 is 0 Å². The van der Waals surface area contributed by atoms with E-state index in [-0.39, 0.29) is 5.56 Å². The number of hydrogen-bond acceptors (Lipinski definition) is 0. The Bertz CT molecular complexity index is 325. The summed E-state index contributed by atoms with van der Waals surface area (Å²) >= 11 is 0. The van der Waals surface area contributed by atoms with Gasteiger partial charge in [0.15, 0.2) is 0 Å². The molecule has 4 heteroatoms. The van der Waals surface area contributed by atoms with Gasteiger partial charge in [0.05, 0.1) is 5.56 Å². The third-order valence-corrected chi connectivity index (χ3v) is 1.54. The highest BCUT2D eigenvalue weighted by atomic mass is 19.4. The molecule has 0 saturated heterocycles. The van der Waals surface area contributed by atoms with Crippen LogP contribution in [0.1, 0.15) is 11.1 Å². The predicted octanol–water partition coefficient (Wildman–Crippen LogP) is 3.49. The van der Waals surface area contributed by atoms with Crippen molar-refractivity contribution in [2.24, 2.45) is 0 Å². The van der Waals surface area contributed by atoms with Gasteiger partial charge < -0.3 is 0 Å². The molecule has 0 N–H and O–H groups in total. The van der Waals surface area contributed by atoms with Crippen LogP contribution in [0.4, 0.5) is 17.6 Å². The third-order valence-electron chi connectivity index (χ3n) is 1.54. The first-order chi connectivity index (χ1) is 5.95. The van der Waals surface area contributed by atoms with Gasteiger partial charge in [0.1, 0.15) is 5.82 Å². The highest BCUT2D eigenvalue weighted by molar-refractivity contribution is 5.52. The Morgan fingerprint density at radius 3 is 2.31 bits per heavy atom. The molecule has 0 unspecified atom stereocenters. The van der Waals surface area contributed by atoms with E-state index in [4.69, 9.17) is 0 Å². The second kappa shape index (κ2) is 3.20. The molecule has 0 aromatic heterocycles. The molecule has 0 fully saturated rings. The first-order valence-corrected chi connectivity index (χ1v) is 3.44. The summed E-state index contributed by atoms with van der Waals surface area (Å²) < 4.78 is 49.1. The van der Waals surface area contributed by atoms with Crippen LogP contribution in [0.2, 0.25) is 0 Å². The van der Waals surface area contributed by atoms with Crippen LogP contribution in [0.3, 0.4) is 0 Å². The zero-order valence-corrected chi connectivity index (χ0v) is 6.53. The smallest absolute Gasteiger partial charge is 0.207 e. The monoisotopic (exact) mass is 190 g/mol. The van der Waals surface area contributed by atoms with Crippen molar-refractivity contribution < 1.29 is 17.6 Å². The van der Waals surface area contributed by atoms with Gasteiger partial charge in [-0.3, -0.25) is 0 Å². The molecule has 0 nitrogen and oxygen atoms in total. The Morgan fingerprint density at radius 2 is 1.85 bits per heavy atom. The van der Waals surface area contributed by atoms with Gasteiger partial charge >= 0.3 is 6.18 Å². The van der Waals surface area contributed by atoms with Crippen LogP contribution in [0.15, 0.2) is 24.8 Å². The lowest BCUT2D eigenvalue weighted by Crippen LogP contribution is -2.07. The quantitative estimate of drug-likeness (QED) is 0.594. The Labute approximate surface area is 72.5 Å². The van der Waals surface area contributed by atoms with Gasteiger partial charge in [-0.15, -0.1) is 0 Å². The standard InChI is InChI=1S/C9H6F4/c1-2-6-3-4-7(10)5-8(6)9(11,12)13/h2-5H,1H2. The van der Waals surface area contributed by atoms with E-state index in [9.17, 15) is 17.6 Å². The predicted molar refractivity (Wildman–Crippen MR) is 41.5 cm³/mol. The lowest BCUT2D eigenvalue weighted by atomic mass is 10.1. The summed E-state index contributed by atoms with van der Waals surface area (Å²) in [5.74, 6) is -0.905. The summed E-state index contributed by atoms with van der Waals surface area (Å²) in [6.07, 6.45) is -3.49. The topological polar surface area (TPSA) is 0 Å². The molecule has 0 aliphatic rings. The van der Waals surface area contributed by atoms with Crippen molar-refractivity contribution in [2.45, 2.75) is 6.18 Å². The van der Waals surface area contributed by atoms with Crippen LogP contribution in [0.5, 0.6) is 0 Å². The highest BCUT2D eigenvalue weighted by Crippen LogP contribution is 2.32. The van der Waals surface area contributed by atoms with Crippen molar-refractivity contribution >= 4 is 6.08 Å². The molecule has 1 aromatic rings. The van der Waals surface area contributed by atoms with Gasteiger partial charge in [0, 0.05) is 0 Å². The van der Waals surface area contributed by atoms with Crippen molar-refractivity contribution in [3.63, 3.8) is 0 Å². The molecular formula is C9H6F4. The molecule has 0 aliphatic heterocycles. The third kappa shape index (κ3) is 2.08. The summed E-state index contributed by atoms with van der Waals surface area (Å²) in [6.45, 7) is 3.21. The van der Waals surface area contributed by atoms with Crippen molar-refractivity contribution in [1.82, 2.24) is 0 Å². The zero-order chi connectivity index (χ0) is 10.1. The second-order valence-electron chi connectivity index (χ2n) is 2.43. The fourth-order valence-electron chi connectivity index (χ4n) is 0.952. The van der Waals surface area contributed by atoms with E-state index in [2.05, 4.69) is 6.58 Å². The van der Waals surface area contributed by atoms with Crippen molar-refractivity contribution in [1.29, 1.82) is 0 Å². The summed E-state index contributed by atoms with van der Waals surface area (Å²) in [6, 6.07) is 2.47. The maximum Gasteiger partial charge on any atom is 0.417 e. The number of alkyl halides is 3. The molecule has 0 radical (unpaired) electrons. The summed E-state index contributed by atoms with van der Waals surface area (Å²) in [7, 11) is 0. The molecule has 0 saturated carbocycles. The summed E-state index contributed by atoms with van der Waals surface area (Å²) in [4.78, 5) is 0. The van der Waals surface area contributed by atoms with Crippen LogP contribution in [0, 0.1) is 5.82 Å². The van der Waals surface area contributed by atoms with Gasteiger partial charge in [-0.05, 0) is 17.7 Å². The molecule has 0 spiro atoms. The van der Waals surface area contributed by atoms with E-state index < -0.39 is 17.6 Å². The van der Waals surface area contributed by atoms with Crippen molar-refractivity contribution in [2.75, 3.05) is 0 Å². The number of halogens is 4. The van der Waals surface area contributed by atoms with E-state index in [0.29, 0.717) is 6.07 Å². The largest absolute Gasteiger partial charge is 0.417 e. The van der Waals surface area contributed by atoms with Gasteiger partial charge in [-0.2, -0.15) is 13.2 Å². The molecule has 13 heavy (non-hydrogen) atoms. The van der Waals surface area contributed by atoms with Crippen molar-refractivity contribution in [3.8, 4) is 0 Å². The zero-order valence-electron chi connectivity index (χ0n) is 6.53. The number of benzene rings is 1. The molecule has 0 bridgehead atoms. The minimum absolute atomic E-state index is 0.117. The van der Waals surface area contributed by atoms with Crippen LogP contribution in [-0.4, -0.2) is 0 Å². The van der Waals surface area contributed by atoms with E-state index in [1.54, 1.807) is 0 Å². The normalized spacial score (nSPS) is 11.4. The Morgan fingerprint density at radius 1 is 1.23 bits per heavy atom. The van der Waals surface area contributed by atoms with E-state index >= 15 is 0 Å². The fourth-order valence-corrected chi connectivity index (χ4v) is 0.952. The highest BCUT2D eigenvalue weighted by Gasteiger charge is 2.32. The average molecular weight is 190 g/mol. The van der Waals surface area contributed by atoms with Crippen LogP contribution in [0.25, 0.3) is 6.08 Å². The molecular weight excluding hydrogens is 184 g/mol.